The van der Waals surface area contributed by atoms with Crippen LogP contribution < -0.4 is 21.3 Å². The van der Waals surface area contributed by atoms with Gasteiger partial charge in [-0.15, -0.1) is 0 Å². The third kappa shape index (κ3) is 15.8. The predicted octanol–water partition coefficient (Wildman–Crippen LogP) is 1.33. The van der Waals surface area contributed by atoms with Crippen LogP contribution in [0.1, 0.15) is 38.8 Å². The molecule has 3 unspecified atom stereocenters. The second-order valence-electron chi connectivity index (χ2n) is 15.5. The van der Waals surface area contributed by atoms with Gasteiger partial charge < -0.3 is 50.4 Å². The number of benzene rings is 2. The molecular weight excluding hydrogens is 748 g/mol. The zero-order valence-corrected chi connectivity index (χ0v) is 34.3. The molecule has 2 aliphatic rings. The summed E-state index contributed by atoms with van der Waals surface area (Å²) in [5.74, 6) is -1.87. The van der Waals surface area contributed by atoms with Crippen LogP contribution in [-0.4, -0.2) is 159 Å². The van der Waals surface area contributed by atoms with E-state index in [9.17, 15) is 29.4 Å². The number of nitrogens with one attached hydrogen (secondary N) is 4. The molecule has 2 aromatic rings. The fraction of sp³-hybridized carbons (Fsp3) is 0.619. The van der Waals surface area contributed by atoms with E-state index < -0.39 is 60.4 Å². The number of aliphatic hydroxyl groups excluding tert-OH is 2. The van der Waals surface area contributed by atoms with Crippen molar-refractivity contribution in [2.45, 2.75) is 76.9 Å². The minimum absolute atomic E-state index is 0.123. The molecule has 322 valence electrons. The van der Waals surface area contributed by atoms with Gasteiger partial charge in [0, 0.05) is 39.3 Å². The van der Waals surface area contributed by atoms with Gasteiger partial charge in [-0.3, -0.25) is 19.4 Å². The summed E-state index contributed by atoms with van der Waals surface area (Å²) in [6.07, 6.45) is -4.44. The first-order valence-electron chi connectivity index (χ1n) is 20.4. The minimum atomic E-state index is -1.60. The number of aliphatic hydroxyl groups is 2. The highest BCUT2D eigenvalue weighted by molar-refractivity contribution is 5.87. The molecule has 0 spiro atoms. The number of morpholine rings is 2. The van der Waals surface area contributed by atoms with Gasteiger partial charge in [0.2, 0.25) is 11.8 Å². The molecular formula is C42H64N6O10. The van der Waals surface area contributed by atoms with E-state index in [0.29, 0.717) is 39.5 Å². The fourth-order valence-corrected chi connectivity index (χ4v) is 6.86. The molecule has 0 radical (unpaired) electrons. The summed E-state index contributed by atoms with van der Waals surface area (Å²) in [7, 11) is 0. The topological polar surface area (TPSA) is 200 Å². The summed E-state index contributed by atoms with van der Waals surface area (Å²) in [4.78, 5) is 57.8. The molecule has 0 aromatic heterocycles. The minimum Gasteiger partial charge on any atom is -0.448 e. The molecule has 6 N–H and O–H groups in total. The highest BCUT2D eigenvalue weighted by Crippen LogP contribution is 2.17. The monoisotopic (exact) mass is 812 g/mol. The van der Waals surface area contributed by atoms with E-state index >= 15 is 0 Å². The zero-order valence-electron chi connectivity index (χ0n) is 34.3. The van der Waals surface area contributed by atoms with Crippen LogP contribution in [0.5, 0.6) is 0 Å². The second-order valence-corrected chi connectivity index (χ2v) is 15.5. The highest BCUT2D eigenvalue weighted by Gasteiger charge is 2.38. The molecule has 0 aliphatic carbocycles. The van der Waals surface area contributed by atoms with Gasteiger partial charge in [0.15, 0.2) is 0 Å². The number of nitrogens with zero attached hydrogens (tertiary/aromatic N) is 2. The largest absolute Gasteiger partial charge is 0.448 e. The number of carbonyl (C=O) groups is 4. The van der Waals surface area contributed by atoms with Crippen molar-refractivity contribution in [3.8, 4) is 0 Å². The van der Waals surface area contributed by atoms with Gasteiger partial charge >= 0.3 is 12.2 Å². The summed E-state index contributed by atoms with van der Waals surface area (Å²) in [5.41, 5.74) is 1.55. The standard InChI is InChI=1S/C42H64N6O10/c1-29(2)35(45-41(53)57-25-19-47-15-21-55-22-16-47)39(51)43-33(27-31-11-7-5-8-12-31)37(49)38(50)34(28-32-13-9-6-10-14-32)44-40(52)36(30(3)4)46-42(54)58-26-20-48-17-23-56-24-18-48/h5-14,29-30,33-38,49-50H,15-28H2,1-4H3,(H,43,51)(H,44,52)(H,45,53)(H,46,54)/t33-,34-,35?,36?,37+,38?/m0/s1. The van der Waals surface area contributed by atoms with Crippen molar-refractivity contribution in [2.24, 2.45) is 11.8 Å². The van der Waals surface area contributed by atoms with Crippen molar-refractivity contribution in [3.63, 3.8) is 0 Å². The van der Waals surface area contributed by atoms with Crippen LogP contribution >= 0.6 is 0 Å². The van der Waals surface area contributed by atoms with Gasteiger partial charge in [-0.2, -0.15) is 0 Å². The second kappa shape index (κ2) is 24.6. The molecule has 4 rings (SSSR count). The van der Waals surface area contributed by atoms with Crippen LogP contribution in [0.4, 0.5) is 9.59 Å². The molecule has 2 saturated heterocycles. The third-order valence-corrected chi connectivity index (χ3v) is 10.4. The van der Waals surface area contributed by atoms with Crippen molar-refractivity contribution in [2.75, 3.05) is 78.9 Å². The molecule has 2 aliphatic heterocycles. The third-order valence-electron chi connectivity index (χ3n) is 10.4. The van der Waals surface area contributed by atoms with Gasteiger partial charge in [-0.1, -0.05) is 88.4 Å². The highest BCUT2D eigenvalue weighted by atomic mass is 16.6. The Kier molecular flexibility index (Phi) is 19.6. The Hall–Kier alpha value is -4.32. The molecule has 0 bridgehead atoms. The molecule has 16 heteroatoms. The van der Waals surface area contributed by atoms with Crippen LogP contribution in [0.2, 0.25) is 0 Å². The fourth-order valence-electron chi connectivity index (χ4n) is 6.86. The summed E-state index contributed by atoms with van der Waals surface area (Å²) in [6, 6.07) is 14.2. The predicted molar refractivity (Wildman–Crippen MR) is 217 cm³/mol. The maximum atomic E-state index is 13.9. The quantitative estimate of drug-likeness (QED) is 0.106. The molecule has 2 aromatic carbocycles. The lowest BCUT2D eigenvalue weighted by Gasteiger charge is -2.35. The van der Waals surface area contributed by atoms with Crippen LogP contribution in [-0.2, 0) is 41.4 Å². The van der Waals surface area contributed by atoms with Crippen molar-refractivity contribution in [1.82, 2.24) is 31.1 Å². The molecule has 16 nitrogen and oxygen atoms in total. The Balaban J connectivity index is 1.47. The van der Waals surface area contributed by atoms with Gasteiger partial charge in [-0.25, -0.2) is 9.59 Å². The number of rotatable bonds is 21. The Morgan fingerprint density at radius 2 is 0.931 bits per heavy atom. The summed E-state index contributed by atoms with van der Waals surface area (Å²) < 4.78 is 21.5. The molecule has 6 atom stereocenters. The van der Waals surface area contributed by atoms with Crippen LogP contribution in [0, 0.1) is 11.8 Å². The number of amides is 4. The number of hydrogen-bond donors (Lipinski definition) is 6. The first-order valence-corrected chi connectivity index (χ1v) is 20.4. The van der Waals surface area contributed by atoms with Crippen LogP contribution in [0.25, 0.3) is 0 Å². The van der Waals surface area contributed by atoms with Gasteiger partial charge in [0.25, 0.3) is 0 Å². The zero-order chi connectivity index (χ0) is 41.9. The average molecular weight is 813 g/mol. The molecule has 2 fully saturated rings. The van der Waals surface area contributed by atoms with E-state index in [1.165, 1.54) is 0 Å². The normalized spacial score (nSPS) is 18.3. The summed E-state index contributed by atoms with van der Waals surface area (Å²) in [5, 5.41) is 35.0. The lowest BCUT2D eigenvalue weighted by Crippen LogP contribution is -2.61. The number of carbonyl (C=O) groups excluding carboxylic acids is 4. The molecule has 2 heterocycles. The van der Waals surface area contributed by atoms with Crippen molar-refractivity contribution < 1.29 is 48.3 Å². The van der Waals surface area contributed by atoms with E-state index in [1.54, 1.807) is 27.7 Å². The number of hydrogen-bond acceptors (Lipinski definition) is 12. The van der Waals surface area contributed by atoms with E-state index in [0.717, 1.165) is 37.3 Å². The van der Waals surface area contributed by atoms with Gasteiger partial charge in [0.1, 0.15) is 37.5 Å². The Morgan fingerprint density at radius 1 is 0.586 bits per heavy atom. The smallest absolute Gasteiger partial charge is 0.407 e. The number of alkyl carbamates (subject to hydrolysis) is 2. The SMILES string of the molecule is CC(C)C(NC(=O)OCCN1CCOCC1)C(=O)N[C@@H](Cc1ccccc1)C(O)[C@H](O)[C@H](Cc1ccccc1)NC(=O)C(NC(=O)OCCN1CCOCC1)C(C)C. The maximum absolute atomic E-state index is 13.9. The lowest BCUT2D eigenvalue weighted by atomic mass is 9.90. The Bertz CT molecular complexity index is 1410. The first-order chi connectivity index (χ1) is 27.9. The van der Waals surface area contributed by atoms with Crippen LogP contribution in [0.3, 0.4) is 0 Å². The van der Waals surface area contributed by atoms with Crippen molar-refractivity contribution >= 4 is 24.0 Å². The maximum Gasteiger partial charge on any atom is 0.407 e. The summed E-state index contributed by atoms with van der Waals surface area (Å²) in [6.45, 7) is 13.9. The Morgan fingerprint density at radius 3 is 1.26 bits per heavy atom. The van der Waals surface area contributed by atoms with Crippen LogP contribution in [0.15, 0.2) is 60.7 Å². The summed E-state index contributed by atoms with van der Waals surface area (Å²) >= 11 is 0. The van der Waals surface area contributed by atoms with Crippen molar-refractivity contribution in [3.05, 3.63) is 71.8 Å². The van der Waals surface area contributed by atoms with Crippen molar-refractivity contribution in [1.29, 1.82) is 0 Å². The van der Waals surface area contributed by atoms with E-state index in [2.05, 4.69) is 31.1 Å². The molecule has 0 saturated carbocycles. The van der Waals surface area contributed by atoms with Gasteiger partial charge in [-0.05, 0) is 35.8 Å². The van der Waals surface area contributed by atoms with E-state index in [1.807, 2.05) is 60.7 Å². The Labute approximate surface area is 342 Å². The van der Waals surface area contributed by atoms with Gasteiger partial charge in [0.05, 0.1) is 38.5 Å². The average Bonchev–Trinajstić information content (AvgIpc) is 3.22. The van der Waals surface area contributed by atoms with E-state index in [-0.39, 0.29) is 37.9 Å². The first kappa shape index (κ1) is 46.4. The lowest BCUT2D eigenvalue weighted by molar-refractivity contribution is -0.129. The van der Waals surface area contributed by atoms with E-state index in [4.69, 9.17) is 18.9 Å². The molecule has 4 amide bonds. The molecule has 58 heavy (non-hydrogen) atoms. The number of ether oxygens (including phenoxy) is 4.